The summed E-state index contributed by atoms with van der Waals surface area (Å²) in [5.74, 6) is 1.65. The van der Waals surface area contributed by atoms with Crippen LogP contribution in [0.2, 0.25) is 0 Å². The molecule has 0 radical (unpaired) electrons. The standard InChI is InChI=1S/C20H34N2O3/c1-22(2)14-18(23)15-25-20-11-10-19(24-3)12-16(20)13-21-17-8-6-4-5-7-9-17/h10-12,17-18,21,23H,4-9,13-15H2,1-3H3. The quantitative estimate of drug-likeness (QED) is 0.671. The molecule has 0 aromatic heterocycles. The maximum atomic E-state index is 10.0. The molecule has 1 aromatic carbocycles. The maximum Gasteiger partial charge on any atom is 0.124 e. The smallest absolute Gasteiger partial charge is 0.124 e. The fraction of sp³-hybridized carbons (Fsp3) is 0.700. The second-order valence-electron chi connectivity index (χ2n) is 7.27. The monoisotopic (exact) mass is 350 g/mol. The summed E-state index contributed by atoms with van der Waals surface area (Å²) in [4.78, 5) is 1.95. The molecule has 0 aliphatic heterocycles. The van der Waals surface area contributed by atoms with Crippen molar-refractivity contribution in [1.82, 2.24) is 10.2 Å². The van der Waals surface area contributed by atoms with Crippen molar-refractivity contribution in [2.45, 2.75) is 57.2 Å². The molecule has 1 atom stereocenters. The van der Waals surface area contributed by atoms with Crippen molar-refractivity contribution in [3.63, 3.8) is 0 Å². The highest BCUT2D eigenvalue weighted by molar-refractivity contribution is 5.40. The van der Waals surface area contributed by atoms with E-state index >= 15 is 0 Å². The Kier molecular flexibility index (Phi) is 8.52. The molecule has 1 saturated carbocycles. The van der Waals surface area contributed by atoms with E-state index in [4.69, 9.17) is 9.47 Å². The van der Waals surface area contributed by atoms with Gasteiger partial charge in [-0.25, -0.2) is 0 Å². The van der Waals surface area contributed by atoms with E-state index in [1.807, 2.05) is 37.2 Å². The Labute approximate surface area is 152 Å². The Bertz CT molecular complexity index is 500. The van der Waals surface area contributed by atoms with Crippen LogP contribution in [0.5, 0.6) is 11.5 Å². The van der Waals surface area contributed by atoms with Gasteiger partial charge in [0.15, 0.2) is 0 Å². The molecule has 2 rings (SSSR count). The molecule has 25 heavy (non-hydrogen) atoms. The van der Waals surface area contributed by atoms with Gasteiger partial charge < -0.3 is 24.8 Å². The zero-order valence-corrected chi connectivity index (χ0v) is 16.0. The number of nitrogens with zero attached hydrogens (tertiary/aromatic N) is 1. The Morgan fingerprint density at radius 2 is 1.92 bits per heavy atom. The van der Waals surface area contributed by atoms with Crippen LogP contribution in [0, 0.1) is 0 Å². The van der Waals surface area contributed by atoms with Crippen LogP contribution in [0.15, 0.2) is 18.2 Å². The molecule has 1 fully saturated rings. The lowest BCUT2D eigenvalue weighted by atomic mass is 10.1. The van der Waals surface area contributed by atoms with Crippen LogP contribution >= 0.6 is 0 Å². The van der Waals surface area contributed by atoms with Gasteiger partial charge in [-0.2, -0.15) is 0 Å². The fourth-order valence-electron chi connectivity index (χ4n) is 3.36. The molecule has 5 heteroatoms. The predicted molar refractivity (Wildman–Crippen MR) is 101 cm³/mol. The highest BCUT2D eigenvalue weighted by Gasteiger charge is 2.14. The van der Waals surface area contributed by atoms with Gasteiger partial charge in [-0.1, -0.05) is 25.7 Å². The Morgan fingerprint density at radius 3 is 2.56 bits per heavy atom. The zero-order valence-electron chi connectivity index (χ0n) is 16.0. The topological polar surface area (TPSA) is 54.0 Å². The summed E-state index contributed by atoms with van der Waals surface area (Å²) in [6, 6.07) is 6.45. The van der Waals surface area contributed by atoms with E-state index in [-0.39, 0.29) is 0 Å². The molecule has 2 N–H and O–H groups in total. The zero-order chi connectivity index (χ0) is 18.1. The first kappa shape index (κ1) is 20.0. The van der Waals surface area contributed by atoms with Crippen molar-refractivity contribution < 1.29 is 14.6 Å². The van der Waals surface area contributed by atoms with E-state index in [2.05, 4.69) is 5.32 Å². The number of aliphatic hydroxyl groups is 1. The van der Waals surface area contributed by atoms with Gasteiger partial charge in [0, 0.05) is 24.7 Å². The lowest BCUT2D eigenvalue weighted by molar-refractivity contribution is 0.0826. The molecule has 5 nitrogen and oxygen atoms in total. The summed E-state index contributed by atoms with van der Waals surface area (Å²) in [5.41, 5.74) is 1.08. The average molecular weight is 351 g/mol. The lowest BCUT2D eigenvalue weighted by Crippen LogP contribution is -2.31. The third-order valence-electron chi connectivity index (χ3n) is 4.71. The third-order valence-corrected chi connectivity index (χ3v) is 4.71. The average Bonchev–Trinajstić information content (AvgIpc) is 2.86. The van der Waals surface area contributed by atoms with Crippen LogP contribution in [0.25, 0.3) is 0 Å². The van der Waals surface area contributed by atoms with E-state index in [0.717, 1.165) is 23.6 Å². The summed E-state index contributed by atoms with van der Waals surface area (Å²) >= 11 is 0. The van der Waals surface area contributed by atoms with E-state index in [0.29, 0.717) is 19.2 Å². The van der Waals surface area contributed by atoms with Crippen LogP contribution in [-0.4, -0.2) is 56.5 Å². The predicted octanol–water partition coefficient (Wildman–Crippen LogP) is 2.81. The second-order valence-corrected chi connectivity index (χ2v) is 7.27. The summed E-state index contributed by atoms with van der Waals surface area (Å²) in [6.07, 6.45) is 7.35. The van der Waals surface area contributed by atoms with Crippen molar-refractivity contribution in [2.75, 3.05) is 34.4 Å². The molecule has 1 aromatic rings. The van der Waals surface area contributed by atoms with Gasteiger partial charge >= 0.3 is 0 Å². The molecule has 142 valence electrons. The van der Waals surface area contributed by atoms with Crippen molar-refractivity contribution in [3.8, 4) is 11.5 Å². The van der Waals surface area contributed by atoms with Gasteiger partial charge in [-0.15, -0.1) is 0 Å². The minimum atomic E-state index is -0.500. The molecule has 0 saturated heterocycles. The molecule has 0 heterocycles. The van der Waals surface area contributed by atoms with Crippen LogP contribution in [0.1, 0.15) is 44.1 Å². The number of rotatable bonds is 9. The lowest BCUT2D eigenvalue weighted by Gasteiger charge is -2.20. The van der Waals surface area contributed by atoms with Gasteiger partial charge in [-0.05, 0) is 45.1 Å². The van der Waals surface area contributed by atoms with Gasteiger partial charge in [0.2, 0.25) is 0 Å². The van der Waals surface area contributed by atoms with Gasteiger partial charge in [-0.3, -0.25) is 0 Å². The van der Waals surface area contributed by atoms with Gasteiger partial charge in [0.1, 0.15) is 24.2 Å². The Balaban J connectivity index is 1.96. The number of nitrogens with one attached hydrogen (secondary N) is 1. The molecule has 0 bridgehead atoms. The molecular formula is C20H34N2O3. The summed E-state index contributed by atoms with van der Waals surface area (Å²) in [5, 5.41) is 13.7. The summed E-state index contributed by atoms with van der Waals surface area (Å²) in [7, 11) is 5.57. The second kappa shape index (κ2) is 10.6. The number of methoxy groups -OCH3 is 1. The normalized spacial score (nSPS) is 17.3. The Hall–Kier alpha value is -1.30. The van der Waals surface area contributed by atoms with Crippen LogP contribution in [0.4, 0.5) is 0 Å². The first-order valence-electron chi connectivity index (χ1n) is 9.44. The number of aliphatic hydroxyl groups excluding tert-OH is 1. The summed E-state index contributed by atoms with van der Waals surface area (Å²) < 4.78 is 11.3. The molecular weight excluding hydrogens is 316 g/mol. The number of hydrogen-bond donors (Lipinski definition) is 2. The third kappa shape index (κ3) is 7.22. The van der Waals surface area contributed by atoms with Crippen LogP contribution in [-0.2, 0) is 6.54 Å². The Morgan fingerprint density at radius 1 is 1.20 bits per heavy atom. The first-order chi connectivity index (χ1) is 12.1. The highest BCUT2D eigenvalue weighted by atomic mass is 16.5. The van der Waals surface area contributed by atoms with Gasteiger partial charge in [0.05, 0.1) is 7.11 Å². The largest absolute Gasteiger partial charge is 0.497 e. The number of benzene rings is 1. The van der Waals surface area contributed by atoms with Crippen molar-refractivity contribution in [2.24, 2.45) is 0 Å². The SMILES string of the molecule is COc1ccc(OCC(O)CN(C)C)c(CNC2CCCCCC2)c1. The maximum absolute atomic E-state index is 10.0. The van der Waals surface area contributed by atoms with Crippen molar-refractivity contribution >= 4 is 0 Å². The molecule has 1 unspecified atom stereocenters. The molecule has 1 aliphatic carbocycles. The number of likely N-dealkylation sites (N-methyl/N-ethyl adjacent to an activating group) is 1. The van der Waals surface area contributed by atoms with E-state index in [9.17, 15) is 5.11 Å². The van der Waals surface area contributed by atoms with E-state index in [1.54, 1.807) is 7.11 Å². The molecule has 0 spiro atoms. The summed E-state index contributed by atoms with van der Waals surface area (Å²) in [6.45, 7) is 1.65. The number of hydrogen-bond acceptors (Lipinski definition) is 5. The van der Waals surface area contributed by atoms with Crippen LogP contribution in [0.3, 0.4) is 0 Å². The number of ether oxygens (including phenoxy) is 2. The van der Waals surface area contributed by atoms with E-state index in [1.165, 1.54) is 38.5 Å². The molecule has 0 amide bonds. The van der Waals surface area contributed by atoms with Gasteiger partial charge in [0.25, 0.3) is 0 Å². The van der Waals surface area contributed by atoms with Crippen molar-refractivity contribution in [1.29, 1.82) is 0 Å². The molecule has 1 aliphatic rings. The fourth-order valence-corrected chi connectivity index (χ4v) is 3.36. The van der Waals surface area contributed by atoms with E-state index < -0.39 is 6.10 Å². The minimum Gasteiger partial charge on any atom is -0.497 e. The van der Waals surface area contributed by atoms with Crippen LogP contribution < -0.4 is 14.8 Å². The first-order valence-corrected chi connectivity index (χ1v) is 9.44. The minimum absolute atomic E-state index is 0.293. The highest BCUT2D eigenvalue weighted by Crippen LogP contribution is 2.25. The van der Waals surface area contributed by atoms with Crippen molar-refractivity contribution in [3.05, 3.63) is 23.8 Å².